The van der Waals surface area contributed by atoms with Gasteiger partial charge < -0.3 is 10.1 Å². The van der Waals surface area contributed by atoms with Crippen molar-refractivity contribution in [2.45, 2.75) is 25.9 Å². The molecule has 2 rings (SSSR count). The number of carbonyl (C=O) groups is 1. The zero-order chi connectivity index (χ0) is 11.4. The number of piperidine rings is 1. The first-order valence-electron chi connectivity index (χ1n) is 5.60. The highest BCUT2D eigenvalue weighted by Gasteiger charge is 2.18. The van der Waals surface area contributed by atoms with E-state index in [-0.39, 0.29) is 12.1 Å². The van der Waals surface area contributed by atoms with Crippen molar-refractivity contribution in [3.63, 3.8) is 0 Å². The lowest BCUT2D eigenvalue weighted by molar-refractivity contribution is 0.0229. The third kappa shape index (κ3) is 2.79. The predicted octanol–water partition coefficient (Wildman–Crippen LogP) is 1.30. The Hall–Kier alpha value is -1.42. The molecule has 1 aliphatic rings. The van der Waals surface area contributed by atoms with E-state index in [9.17, 15) is 4.79 Å². The second kappa shape index (κ2) is 5.07. The van der Waals surface area contributed by atoms with Crippen molar-refractivity contribution in [1.82, 2.24) is 10.3 Å². The molecule has 0 atom stereocenters. The Morgan fingerprint density at radius 2 is 2.19 bits per heavy atom. The Morgan fingerprint density at radius 3 is 2.81 bits per heavy atom. The predicted molar refractivity (Wildman–Crippen MR) is 60.3 cm³/mol. The average molecular weight is 220 g/mol. The van der Waals surface area contributed by atoms with E-state index in [1.54, 1.807) is 12.3 Å². The summed E-state index contributed by atoms with van der Waals surface area (Å²) in [6.07, 6.45) is 3.41. The monoisotopic (exact) mass is 220 g/mol. The van der Waals surface area contributed by atoms with Crippen molar-refractivity contribution >= 4 is 5.97 Å². The molecule has 1 aromatic heterocycles. The van der Waals surface area contributed by atoms with Gasteiger partial charge in [0.1, 0.15) is 6.10 Å². The number of hydrogen-bond donors (Lipinski definition) is 1. The average Bonchev–Trinajstić information content (AvgIpc) is 2.31. The minimum absolute atomic E-state index is 0.0510. The normalized spacial score (nSPS) is 17.1. The van der Waals surface area contributed by atoms with Crippen molar-refractivity contribution in [3.8, 4) is 0 Å². The van der Waals surface area contributed by atoms with E-state index < -0.39 is 0 Å². The van der Waals surface area contributed by atoms with Crippen molar-refractivity contribution in [1.29, 1.82) is 0 Å². The van der Waals surface area contributed by atoms with E-state index in [1.807, 2.05) is 13.0 Å². The number of nitrogens with zero attached hydrogens (tertiary/aromatic N) is 1. The standard InChI is InChI=1S/C12H16N2O2/c1-9-2-3-10(8-14-9)12(15)16-11-4-6-13-7-5-11/h2-3,8,11,13H,4-7H2,1H3. The fourth-order valence-electron chi connectivity index (χ4n) is 1.72. The lowest BCUT2D eigenvalue weighted by Gasteiger charge is -2.22. The highest BCUT2D eigenvalue weighted by atomic mass is 16.5. The van der Waals surface area contributed by atoms with Gasteiger partial charge in [-0.25, -0.2) is 4.79 Å². The van der Waals surface area contributed by atoms with Gasteiger partial charge in [-0.15, -0.1) is 0 Å². The molecule has 2 heterocycles. The Bertz CT molecular complexity index is 356. The molecule has 0 spiro atoms. The van der Waals surface area contributed by atoms with Crippen molar-refractivity contribution < 1.29 is 9.53 Å². The van der Waals surface area contributed by atoms with Gasteiger partial charge in [-0.3, -0.25) is 4.98 Å². The van der Waals surface area contributed by atoms with E-state index >= 15 is 0 Å². The van der Waals surface area contributed by atoms with Crippen LogP contribution in [0.1, 0.15) is 28.9 Å². The van der Waals surface area contributed by atoms with Crippen LogP contribution in [0.2, 0.25) is 0 Å². The number of hydrogen-bond acceptors (Lipinski definition) is 4. The number of esters is 1. The van der Waals surface area contributed by atoms with Crippen LogP contribution in [-0.2, 0) is 4.74 Å². The lowest BCUT2D eigenvalue weighted by atomic mass is 10.1. The summed E-state index contributed by atoms with van der Waals surface area (Å²) < 4.78 is 5.40. The number of rotatable bonds is 2. The van der Waals surface area contributed by atoms with Gasteiger partial charge in [-0.05, 0) is 45.0 Å². The van der Waals surface area contributed by atoms with Crippen LogP contribution in [0.3, 0.4) is 0 Å². The van der Waals surface area contributed by atoms with Crippen LogP contribution < -0.4 is 5.32 Å². The molecule has 1 saturated heterocycles. The molecule has 0 amide bonds. The number of nitrogens with one attached hydrogen (secondary N) is 1. The molecule has 1 aromatic rings. The van der Waals surface area contributed by atoms with Crippen LogP contribution >= 0.6 is 0 Å². The lowest BCUT2D eigenvalue weighted by Crippen LogP contribution is -2.33. The molecule has 4 heteroatoms. The fourth-order valence-corrected chi connectivity index (χ4v) is 1.72. The van der Waals surface area contributed by atoms with Gasteiger partial charge in [0.15, 0.2) is 0 Å². The van der Waals surface area contributed by atoms with Crippen molar-refractivity contribution in [2.24, 2.45) is 0 Å². The van der Waals surface area contributed by atoms with Gasteiger partial charge in [0.05, 0.1) is 5.56 Å². The second-order valence-corrected chi connectivity index (χ2v) is 4.04. The fraction of sp³-hybridized carbons (Fsp3) is 0.500. The van der Waals surface area contributed by atoms with Crippen molar-refractivity contribution in [3.05, 3.63) is 29.6 Å². The van der Waals surface area contributed by atoms with Gasteiger partial charge >= 0.3 is 5.97 Å². The molecule has 0 radical (unpaired) electrons. The van der Waals surface area contributed by atoms with E-state index in [2.05, 4.69) is 10.3 Å². The number of ether oxygens (including phenoxy) is 1. The smallest absolute Gasteiger partial charge is 0.339 e. The van der Waals surface area contributed by atoms with Gasteiger partial charge in [-0.2, -0.15) is 0 Å². The van der Waals surface area contributed by atoms with Crippen LogP contribution in [0, 0.1) is 6.92 Å². The zero-order valence-electron chi connectivity index (χ0n) is 9.40. The summed E-state index contributed by atoms with van der Waals surface area (Å²) in [6, 6.07) is 3.57. The van der Waals surface area contributed by atoms with Gasteiger partial charge in [0.25, 0.3) is 0 Å². The van der Waals surface area contributed by atoms with Crippen LogP contribution in [0.15, 0.2) is 18.3 Å². The SMILES string of the molecule is Cc1ccc(C(=O)OC2CCNCC2)cn1. The van der Waals surface area contributed by atoms with Crippen LogP contribution in [0.4, 0.5) is 0 Å². The molecule has 4 nitrogen and oxygen atoms in total. The minimum Gasteiger partial charge on any atom is -0.459 e. The first-order valence-corrected chi connectivity index (χ1v) is 5.60. The largest absolute Gasteiger partial charge is 0.459 e. The summed E-state index contributed by atoms with van der Waals surface area (Å²) in [6.45, 7) is 3.73. The van der Waals surface area contributed by atoms with Crippen LogP contribution in [0.5, 0.6) is 0 Å². The molecule has 1 fully saturated rings. The van der Waals surface area contributed by atoms with Gasteiger partial charge in [0, 0.05) is 11.9 Å². The quantitative estimate of drug-likeness (QED) is 0.763. The number of aromatic nitrogens is 1. The molecular formula is C12H16N2O2. The van der Waals surface area contributed by atoms with Gasteiger partial charge in [-0.1, -0.05) is 0 Å². The maximum absolute atomic E-state index is 11.7. The summed E-state index contributed by atoms with van der Waals surface area (Å²) in [5, 5.41) is 3.23. The summed E-state index contributed by atoms with van der Waals surface area (Å²) in [4.78, 5) is 15.8. The first-order chi connectivity index (χ1) is 7.75. The molecule has 1 aliphatic heterocycles. The van der Waals surface area contributed by atoms with E-state index in [0.29, 0.717) is 5.56 Å². The topological polar surface area (TPSA) is 51.2 Å². The zero-order valence-corrected chi connectivity index (χ0v) is 9.40. The second-order valence-electron chi connectivity index (χ2n) is 4.04. The summed E-state index contributed by atoms with van der Waals surface area (Å²) in [5.74, 6) is -0.264. The molecule has 16 heavy (non-hydrogen) atoms. The number of carbonyl (C=O) groups excluding carboxylic acids is 1. The van der Waals surface area contributed by atoms with E-state index in [4.69, 9.17) is 4.74 Å². The van der Waals surface area contributed by atoms with Gasteiger partial charge in [0.2, 0.25) is 0 Å². The first kappa shape index (κ1) is 11.1. The van der Waals surface area contributed by atoms with Crippen LogP contribution in [0.25, 0.3) is 0 Å². The summed E-state index contributed by atoms with van der Waals surface area (Å²) >= 11 is 0. The third-order valence-electron chi connectivity index (χ3n) is 2.71. The van der Waals surface area contributed by atoms with E-state index in [1.165, 1.54) is 0 Å². The number of aryl methyl sites for hydroxylation is 1. The maximum Gasteiger partial charge on any atom is 0.339 e. The Kier molecular flexibility index (Phi) is 3.51. The Morgan fingerprint density at radius 1 is 1.44 bits per heavy atom. The minimum atomic E-state index is -0.264. The Labute approximate surface area is 95.0 Å². The molecule has 86 valence electrons. The Balaban J connectivity index is 1.94. The molecule has 0 aliphatic carbocycles. The number of pyridine rings is 1. The highest BCUT2D eigenvalue weighted by molar-refractivity contribution is 5.89. The summed E-state index contributed by atoms with van der Waals surface area (Å²) in [7, 11) is 0. The molecular weight excluding hydrogens is 204 g/mol. The third-order valence-corrected chi connectivity index (χ3v) is 2.71. The van der Waals surface area contributed by atoms with E-state index in [0.717, 1.165) is 31.6 Å². The molecule has 0 bridgehead atoms. The highest BCUT2D eigenvalue weighted by Crippen LogP contribution is 2.10. The maximum atomic E-state index is 11.7. The molecule has 1 N–H and O–H groups in total. The molecule has 0 saturated carbocycles. The van der Waals surface area contributed by atoms with Crippen molar-refractivity contribution in [2.75, 3.05) is 13.1 Å². The molecule has 0 aromatic carbocycles. The molecule has 0 unspecified atom stereocenters. The summed E-state index contributed by atoms with van der Waals surface area (Å²) in [5.41, 5.74) is 1.43. The van der Waals surface area contributed by atoms with Crippen LogP contribution in [-0.4, -0.2) is 30.1 Å².